The van der Waals surface area contributed by atoms with Gasteiger partial charge in [0.2, 0.25) is 0 Å². The molecule has 7 heteroatoms. The van der Waals surface area contributed by atoms with E-state index >= 15 is 0 Å². The summed E-state index contributed by atoms with van der Waals surface area (Å²) >= 11 is 0. The topological polar surface area (TPSA) is 50.4 Å². The van der Waals surface area contributed by atoms with Gasteiger partial charge in [0.15, 0.2) is 0 Å². The van der Waals surface area contributed by atoms with E-state index in [9.17, 15) is 18.0 Å². The monoisotopic (exact) mass is 302 g/mol. The molecule has 2 rings (SSSR count). The Morgan fingerprint density at radius 1 is 1.24 bits per heavy atom. The molecule has 116 valence electrons. The zero-order valence-corrected chi connectivity index (χ0v) is 11.4. The SMILES string of the molecule is O=C(NC1CCCCNC1)c1ccc(OC(F)(F)F)cc1. The highest BCUT2D eigenvalue weighted by Crippen LogP contribution is 2.22. The van der Waals surface area contributed by atoms with Crippen LogP contribution in [0.25, 0.3) is 0 Å². The van der Waals surface area contributed by atoms with E-state index in [0.717, 1.165) is 37.9 Å². The van der Waals surface area contributed by atoms with E-state index in [1.54, 1.807) is 0 Å². The zero-order valence-electron chi connectivity index (χ0n) is 11.4. The van der Waals surface area contributed by atoms with Crippen molar-refractivity contribution in [3.05, 3.63) is 29.8 Å². The van der Waals surface area contributed by atoms with Crippen LogP contribution >= 0.6 is 0 Å². The normalized spacial score (nSPS) is 19.7. The lowest BCUT2D eigenvalue weighted by molar-refractivity contribution is -0.274. The van der Waals surface area contributed by atoms with Gasteiger partial charge in [-0.1, -0.05) is 6.42 Å². The molecule has 1 heterocycles. The Morgan fingerprint density at radius 3 is 2.62 bits per heavy atom. The Bertz CT molecular complexity index is 466. The largest absolute Gasteiger partial charge is 0.573 e. The molecule has 0 spiro atoms. The van der Waals surface area contributed by atoms with E-state index in [2.05, 4.69) is 15.4 Å². The third-order valence-corrected chi connectivity index (χ3v) is 3.23. The zero-order chi connectivity index (χ0) is 15.3. The maximum absolute atomic E-state index is 12.0. The van der Waals surface area contributed by atoms with Crippen molar-refractivity contribution < 1.29 is 22.7 Å². The van der Waals surface area contributed by atoms with Crippen LogP contribution in [-0.4, -0.2) is 31.4 Å². The number of hydrogen-bond acceptors (Lipinski definition) is 3. The summed E-state index contributed by atoms with van der Waals surface area (Å²) in [4.78, 5) is 12.0. The standard InChI is InChI=1S/C14H17F3N2O2/c15-14(16,17)21-12-6-4-10(5-7-12)13(20)19-11-3-1-2-8-18-9-11/h4-7,11,18H,1-3,8-9H2,(H,19,20). The van der Waals surface area contributed by atoms with Crippen LogP contribution in [-0.2, 0) is 0 Å². The van der Waals surface area contributed by atoms with Crippen LogP contribution in [0, 0.1) is 0 Å². The van der Waals surface area contributed by atoms with Gasteiger partial charge in [-0.15, -0.1) is 13.2 Å². The van der Waals surface area contributed by atoms with Crippen LogP contribution in [0.15, 0.2) is 24.3 Å². The highest BCUT2D eigenvalue weighted by Gasteiger charge is 2.31. The van der Waals surface area contributed by atoms with Gasteiger partial charge in [0.25, 0.3) is 5.91 Å². The smallest absolute Gasteiger partial charge is 0.406 e. The molecule has 0 radical (unpaired) electrons. The lowest BCUT2D eigenvalue weighted by Gasteiger charge is -2.16. The molecule has 1 fully saturated rings. The van der Waals surface area contributed by atoms with Crippen molar-refractivity contribution in [3.63, 3.8) is 0 Å². The van der Waals surface area contributed by atoms with Gasteiger partial charge in [0.05, 0.1) is 0 Å². The molecule has 1 aromatic rings. The molecule has 0 saturated carbocycles. The number of ether oxygens (including phenoxy) is 1. The summed E-state index contributed by atoms with van der Waals surface area (Å²) in [5.74, 6) is -0.627. The van der Waals surface area contributed by atoms with Gasteiger partial charge in [-0.2, -0.15) is 0 Å². The predicted octanol–water partition coefficient (Wildman–Crippen LogP) is 2.46. The minimum Gasteiger partial charge on any atom is -0.406 e. The van der Waals surface area contributed by atoms with E-state index in [4.69, 9.17) is 0 Å². The van der Waals surface area contributed by atoms with Crippen molar-refractivity contribution in [2.24, 2.45) is 0 Å². The molecule has 1 aliphatic rings. The fourth-order valence-electron chi connectivity index (χ4n) is 2.22. The van der Waals surface area contributed by atoms with Crippen molar-refractivity contribution in [3.8, 4) is 5.75 Å². The van der Waals surface area contributed by atoms with Gasteiger partial charge >= 0.3 is 6.36 Å². The Morgan fingerprint density at radius 2 is 1.95 bits per heavy atom. The number of amides is 1. The van der Waals surface area contributed by atoms with Crippen molar-refractivity contribution in [2.75, 3.05) is 13.1 Å². The molecule has 1 atom stereocenters. The molecule has 1 aromatic carbocycles. The van der Waals surface area contributed by atoms with E-state index < -0.39 is 6.36 Å². The number of benzene rings is 1. The van der Waals surface area contributed by atoms with Gasteiger partial charge < -0.3 is 15.4 Å². The number of halogens is 3. The number of carbonyl (C=O) groups excluding carboxylic acids is 1. The highest BCUT2D eigenvalue weighted by atomic mass is 19.4. The average Bonchev–Trinajstić information content (AvgIpc) is 2.66. The van der Waals surface area contributed by atoms with E-state index in [0.29, 0.717) is 12.1 Å². The van der Waals surface area contributed by atoms with Gasteiger partial charge in [0.1, 0.15) is 5.75 Å². The maximum Gasteiger partial charge on any atom is 0.573 e. The van der Waals surface area contributed by atoms with Gasteiger partial charge in [-0.05, 0) is 43.7 Å². The Balaban J connectivity index is 1.93. The summed E-state index contributed by atoms with van der Waals surface area (Å²) in [5, 5.41) is 6.11. The van der Waals surface area contributed by atoms with Crippen LogP contribution in [0.1, 0.15) is 29.6 Å². The molecule has 2 N–H and O–H groups in total. The fraction of sp³-hybridized carbons (Fsp3) is 0.500. The van der Waals surface area contributed by atoms with Crippen LogP contribution in [0.4, 0.5) is 13.2 Å². The summed E-state index contributed by atoms with van der Waals surface area (Å²) in [7, 11) is 0. The first-order valence-corrected chi connectivity index (χ1v) is 6.81. The molecule has 1 unspecified atom stereocenters. The third-order valence-electron chi connectivity index (χ3n) is 3.23. The summed E-state index contributed by atoms with van der Waals surface area (Å²) in [6.45, 7) is 1.65. The first-order valence-electron chi connectivity index (χ1n) is 6.81. The molecule has 4 nitrogen and oxygen atoms in total. The second-order valence-corrected chi connectivity index (χ2v) is 4.94. The predicted molar refractivity (Wildman–Crippen MR) is 71.1 cm³/mol. The van der Waals surface area contributed by atoms with Crippen LogP contribution in [0.5, 0.6) is 5.75 Å². The van der Waals surface area contributed by atoms with E-state index in [1.165, 1.54) is 12.1 Å². The molecule has 1 amide bonds. The first-order chi connectivity index (χ1) is 9.94. The summed E-state index contributed by atoms with van der Waals surface area (Å²) < 4.78 is 39.9. The molecule has 0 aliphatic carbocycles. The van der Waals surface area contributed by atoms with Crippen LogP contribution in [0.2, 0.25) is 0 Å². The van der Waals surface area contributed by atoms with Crippen molar-refractivity contribution in [1.82, 2.24) is 10.6 Å². The summed E-state index contributed by atoms with van der Waals surface area (Å²) in [6.07, 6.45) is -1.71. The van der Waals surface area contributed by atoms with Crippen molar-refractivity contribution >= 4 is 5.91 Å². The summed E-state index contributed by atoms with van der Waals surface area (Å²) in [5.41, 5.74) is 0.314. The van der Waals surface area contributed by atoms with E-state index in [1.807, 2.05) is 0 Å². The second kappa shape index (κ2) is 6.80. The number of carbonyl (C=O) groups is 1. The quantitative estimate of drug-likeness (QED) is 0.902. The third kappa shape index (κ3) is 5.26. The van der Waals surface area contributed by atoms with Gasteiger partial charge in [-0.25, -0.2) is 0 Å². The Hall–Kier alpha value is -1.76. The number of alkyl halides is 3. The summed E-state index contributed by atoms with van der Waals surface area (Å²) in [6, 6.07) is 4.95. The second-order valence-electron chi connectivity index (χ2n) is 4.94. The van der Waals surface area contributed by atoms with Gasteiger partial charge in [-0.3, -0.25) is 4.79 Å². The van der Waals surface area contributed by atoms with Crippen LogP contribution < -0.4 is 15.4 Å². The van der Waals surface area contributed by atoms with Crippen molar-refractivity contribution in [1.29, 1.82) is 0 Å². The molecule has 0 aromatic heterocycles. The lowest BCUT2D eigenvalue weighted by atomic mass is 10.1. The molecule has 0 bridgehead atoms. The number of rotatable bonds is 3. The fourth-order valence-corrected chi connectivity index (χ4v) is 2.22. The molecule has 1 aliphatic heterocycles. The molecular formula is C14H17F3N2O2. The number of hydrogen-bond donors (Lipinski definition) is 2. The van der Waals surface area contributed by atoms with Gasteiger partial charge in [0, 0.05) is 18.2 Å². The molecular weight excluding hydrogens is 285 g/mol. The average molecular weight is 302 g/mol. The van der Waals surface area contributed by atoms with E-state index in [-0.39, 0.29) is 17.7 Å². The lowest BCUT2D eigenvalue weighted by Crippen LogP contribution is -2.40. The molecule has 21 heavy (non-hydrogen) atoms. The first kappa shape index (κ1) is 15.6. The highest BCUT2D eigenvalue weighted by molar-refractivity contribution is 5.94. The minimum absolute atomic E-state index is 0.0473. The Kier molecular flexibility index (Phi) is 5.06. The maximum atomic E-state index is 12.0. The minimum atomic E-state index is -4.73. The molecule has 1 saturated heterocycles. The van der Waals surface area contributed by atoms with Crippen LogP contribution in [0.3, 0.4) is 0 Å². The Labute approximate surface area is 120 Å². The number of nitrogens with one attached hydrogen (secondary N) is 2. The van der Waals surface area contributed by atoms with Crippen molar-refractivity contribution in [2.45, 2.75) is 31.7 Å².